The molecule has 4 aromatic rings. The molecule has 1 aliphatic carbocycles. The molecule has 0 saturated heterocycles. The maximum Gasteiger partial charge on any atom is 0.217 e. The van der Waals surface area contributed by atoms with Crippen LogP contribution in [0.4, 0.5) is 0 Å². The standard InChI is InChI=1S/C27H32N8O/c1-2-3-11-24-29-27(23(36)17-19-8-5-4-6-9-19)32-35(24)18-20-12-14-21(15-13-20)25-22(10-7-16-28-25)26-30-33-34-31-26/h7,10,12-16,19H,2-6,8-9,11,17-18H2,1H3,(H,30,31,33,34). The van der Waals surface area contributed by atoms with E-state index >= 15 is 0 Å². The summed E-state index contributed by atoms with van der Waals surface area (Å²) in [6.45, 7) is 2.73. The van der Waals surface area contributed by atoms with E-state index in [9.17, 15) is 4.79 Å². The molecule has 0 unspecified atom stereocenters. The van der Waals surface area contributed by atoms with E-state index in [1.54, 1.807) is 6.20 Å². The second kappa shape index (κ2) is 11.3. The Morgan fingerprint density at radius 3 is 2.69 bits per heavy atom. The largest absolute Gasteiger partial charge is 0.291 e. The Hall–Kier alpha value is -3.75. The number of unbranched alkanes of at least 4 members (excludes halogenated alkanes) is 1. The van der Waals surface area contributed by atoms with Gasteiger partial charge < -0.3 is 0 Å². The molecule has 0 bridgehead atoms. The first-order valence-corrected chi connectivity index (χ1v) is 13.0. The number of hydrogen-bond donors (Lipinski definition) is 1. The van der Waals surface area contributed by atoms with Crippen LogP contribution in [0.25, 0.3) is 22.6 Å². The Kier molecular flexibility index (Phi) is 7.54. The van der Waals surface area contributed by atoms with Crippen molar-refractivity contribution in [1.82, 2.24) is 40.4 Å². The molecule has 3 aromatic heterocycles. The van der Waals surface area contributed by atoms with Crippen LogP contribution >= 0.6 is 0 Å². The van der Waals surface area contributed by atoms with Crippen molar-refractivity contribution in [2.24, 2.45) is 5.92 Å². The van der Waals surface area contributed by atoms with Crippen molar-refractivity contribution in [2.45, 2.75) is 71.3 Å². The molecule has 36 heavy (non-hydrogen) atoms. The molecule has 1 aromatic carbocycles. The molecule has 0 radical (unpaired) electrons. The van der Waals surface area contributed by atoms with Crippen LogP contribution in [0.15, 0.2) is 42.6 Å². The van der Waals surface area contributed by atoms with Gasteiger partial charge in [-0.05, 0) is 35.2 Å². The molecule has 9 heteroatoms. The van der Waals surface area contributed by atoms with Crippen LogP contribution in [0, 0.1) is 5.92 Å². The van der Waals surface area contributed by atoms with Gasteiger partial charge in [0.2, 0.25) is 17.4 Å². The van der Waals surface area contributed by atoms with Crippen molar-refractivity contribution in [3.63, 3.8) is 0 Å². The highest BCUT2D eigenvalue weighted by molar-refractivity contribution is 5.92. The minimum absolute atomic E-state index is 0.0814. The Morgan fingerprint density at radius 1 is 1.11 bits per heavy atom. The number of benzene rings is 1. The highest BCUT2D eigenvalue weighted by Gasteiger charge is 2.22. The first kappa shape index (κ1) is 24.0. The topological polar surface area (TPSA) is 115 Å². The van der Waals surface area contributed by atoms with Gasteiger partial charge in [0.25, 0.3) is 0 Å². The number of carbonyl (C=O) groups is 1. The summed E-state index contributed by atoms with van der Waals surface area (Å²) in [7, 11) is 0. The fraction of sp³-hybridized carbons (Fsp3) is 0.444. The molecular formula is C27H32N8O. The third-order valence-corrected chi connectivity index (χ3v) is 6.90. The number of carbonyl (C=O) groups excluding carboxylic acids is 1. The Labute approximate surface area is 210 Å². The van der Waals surface area contributed by atoms with Crippen LogP contribution in [-0.2, 0) is 13.0 Å². The van der Waals surface area contributed by atoms with Gasteiger partial charge in [0, 0.05) is 30.2 Å². The van der Waals surface area contributed by atoms with Crippen molar-refractivity contribution in [2.75, 3.05) is 0 Å². The lowest BCUT2D eigenvalue weighted by molar-refractivity contribution is 0.0939. The average Bonchev–Trinajstić information content (AvgIpc) is 3.59. The van der Waals surface area contributed by atoms with Gasteiger partial charge in [-0.3, -0.25) is 9.78 Å². The predicted octanol–water partition coefficient (Wildman–Crippen LogP) is 5.06. The lowest BCUT2D eigenvalue weighted by Crippen LogP contribution is -2.13. The third kappa shape index (κ3) is 5.56. The van der Waals surface area contributed by atoms with Gasteiger partial charge in [-0.1, -0.05) is 69.7 Å². The molecule has 186 valence electrons. The number of aromatic amines is 1. The number of aromatic nitrogens is 8. The van der Waals surface area contributed by atoms with Gasteiger partial charge >= 0.3 is 0 Å². The summed E-state index contributed by atoms with van der Waals surface area (Å²) in [4.78, 5) is 22.2. The molecular weight excluding hydrogens is 452 g/mol. The predicted molar refractivity (Wildman–Crippen MR) is 136 cm³/mol. The van der Waals surface area contributed by atoms with Gasteiger partial charge in [-0.2, -0.15) is 5.21 Å². The van der Waals surface area contributed by atoms with Gasteiger partial charge in [-0.25, -0.2) is 9.67 Å². The molecule has 0 spiro atoms. The van der Waals surface area contributed by atoms with Crippen molar-refractivity contribution < 1.29 is 4.79 Å². The second-order valence-corrected chi connectivity index (χ2v) is 9.58. The fourth-order valence-electron chi connectivity index (χ4n) is 4.92. The maximum absolute atomic E-state index is 13.0. The number of nitrogens with zero attached hydrogens (tertiary/aromatic N) is 7. The van der Waals surface area contributed by atoms with Crippen LogP contribution in [0.3, 0.4) is 0 Å². The number of aryl methyl sites for hydroxylation is 1. The van der Waals surface area contributed by atoms with Crippen LogP contribution in [-0.4, -0.2) is 46.2 Å². The summed E-state index contributed by atoms with van der Waals surface area (Å²) in [5.74, 6) is 2.33. The summed E-state index contributed by atoms with van der Waals surface area (Å²) in [5.41, 5.74) is 3.67. The smallest absolute Gasteiger partial charge is 0.217 e. The molecule has 5 rings (SSSR count). The normalized spacial score (nSPS) is 14.2. The maximum atomic E-state index is 13.0. The van der Waals surface area contributed by atoms with E-state index in [0.29, 0.717) is 30.5 Å². The molecule has 3 heterocycles. The van der Waals surface area contributed by atoms with Crippen LogP contribution in [0.5, 0.6) is 0 Å². The molecule has 1 aliphatic rings. The van der Waals surface area contributed by atoms with Crippen molar-refractivity contribution >= 4 is 5.78 Å². The lowest BCUT2D eigenvalue weighted by Gasteiger charge is -2.19. The fourth-order valence-corrected chi connectivity index (χ4v) is 4.92. The van der Waals surface area contributed by atoms with Crippen LogP contribution in [0.2, 0.25) is 0 Å². The number of tetrazole rings is 1. The number of rotatable bonds is 10. The summed E-state index contributed by atoms with van der Waals surface area (Å²) in [6.07, 6.45) is 11.3. The molecule has 1 saturated carbocycles. The van der Waals surface area contributed by atoms with E-state index in [1.807, 2.05) is 28.9 Å². The van der Waals surface area contributed by atoms with Crippen molar-refractivity contribution in [3.05, 3.63) is 59.8 Å². The summed E-state index contributed by atoms with van der Waals surface area (Å²) >= 11 is 0. The highest BCUT2D eigenvalue weighted by Crippen LogP contribution is 2.29. The minimum Gasteiger partial charge on any atom is -0.291 e. The van der Waals surface area contributed by atoms with Crippen molar-refractivity contribution in [1.29, 1.82) is 0 Å². The first-order valence-electron chi connectivity index (χ1n) is 13.0. The van der Waals surface area contributed by atoms with E-state index in [2.05, 4.69) is 54.7 Å². The van der Waals surface area contributed by atoms with Crippen molar-refractivity contribution in [3.8, 4) is 22.6 Å². The van der Waals surface area contributed by atoms with E-state index in [1.165, 1.54) is 19.3 Å². The quantitative estimate of drug-likeness (QED) is 0.313. The molecule has 1 N–H and O–H groups in total. The Morgan fingerprint density at radius 2 is 1.94 bits per heavy atom. The summed E-state index contributed by atoms with van der Waals surface area (Å²) in [5, 5.41) is 19.0. The number of pyridine rings is 1. The minimum atomic E-state index is 0.0814. The van der Waals surface area contributed by atoms with Gasteiger partial charge in [0.05, 0.1) is 12.2 Å². The monoisotopic (exact) mass is 484 g/mol. The zero-order valence-corrected chi connectivity index (χ0v) is 20.7. The van der Waals surface area contributed by atoms with E-state index in [4.69, 9.17) is 0 Å². The summed E-state index contributed by atoms with van der Waals surface area (Å²) < 4.78 is 1.91. The van der Waals surface area contributed by atoms with E-state index in [-0.39, 0.29) is 5.78 Å². The van der Waals surface area contributed by atoms with E-state index in [0.717, 1.165) is 60.3 Å². The zero-order valence-electron chi connectivity index (χ0n) is 20.7. The number of H-pyrrole nitrogens is 1. The van der Waals surface area contributed by atoms with Crippen LogP contribution < -0.4 is 0 Å². The number of nitrogens with one attached hydrogen (secondary N) is 1. The van der Waals surface area contributed by atoms with Gasteiger partial charge in [-0.15, -0.1) is 15.3 Å². The average molecular weight is 485 g/mol. The van der Waals surface area contributed by atoms with E-state index < -0.39 is 0 Å². The van der Waals surface area contributed by atoms with Gasteiger partial charge in [0.15, 0.2) is 0 Å². The van der Waals surface area contributed by atoms with Gasteiger partial charge in [0.1, 0.15) is 5.82 Å². The lowest BCUT2D eigenvalue weighted by atomic mass is 9.86. The highest BCUT2D eigenvalue weighted by atomic mass is 16.1. The number of Topliss-reactive ketones (excluding diaryl/α,β-unsaturated/α-hetero) is 1. The first-order chi connectivity index (χ1) is 17.7. The third-order valence-electron chi connectivity index (χ3n) is 6.90. The number of ketones is 1. The Bertz CT molecular complexity index is 1270. The Balaban J connectivity index is 1.34. The second-order valence-electron chi connectivity index (χ2n) is 9.58. The molecule has 9 nitrogen and oxygen atoms in total. The molecule has 0 aliphatic heterocycles. The molecule has 1 fully saturated rings. The number of hydrogen-bond acceptors (Lipinski definition) is 7. The molecule has 0 atom stereocenters. The SMILES string of the molecule is CCCCc1nc(C(=O)CC2CCCCC2)nn1Cc1ccc(-c2ncccc2-c2nn[nH]n2)cc1. The summed E-state index contributed by atoms with van der Waals surface area (Å²) in [6, 6.07) is 12.0. The molecule has 0 amide bonds. The zero-order chi connectivity index (χ0) is 24.7. The van der Waals surface area contributed by atoms with Crippen LogP contribution in [0.1, 0.15) is 80.3 Å².